The minimum Gasteiger partial charge on any atom is -0.352 e. The van der Waals surface area contributed by atoms with Crippen molar-refractivity contribution in [2.24, 2.45) is 0 Å². The molecular weight excluding hydrogens is 527 g/mol. The van der Waals surface area contributed by atoms with Gasteiger partial charge in [0.15, 0.2) is 0 Å². The van der Waals surface area contributed by atoms with Gasteiger partial charge in [-0.1, -0.05) is 40.2 Å². The zero-order valence-electron chi connectivity index (χ0n) is 19.8. The van der Waals surface area contributed by atoms with Crippen LogP contribution in [0.4, 0.5) is 10.1 Å². The fourth-order valence-corrected chi connectivity index (χ4v) is 4.46. The molecule has 0 heterocycles. The Morgan fingerprint density at radius 3 is 2.15 bits per heavy atom. The van der Waals surface area contributed by atoms with Gasteiger partial charge in [0, 0.05) is 31.2 Å². The Kier molecular flexibility index (Phi) is 9.60. The number of halogens is 2. The normalized spacial score (nSPS) is 12.5. The van der Waals surface area contributed by atoms with Gasteiger partial charge < -0.3 is 10.2 Å². The van der Waals surface area contributed by atoms with Crippen LogP contribution in [0.3, 0.4) is 0 Å². The van der Waals surface area contributed by atoms with Gasteiger partial charge in [-0.3, -0.25) is 9.59 Å². The molecule has 0 saturated carbocycles. The van der Waals surface area contributed by atoms with E-state index in [0.717, 1.165) is 20.4 Å². The first kappa shape index (κ1) is 27.7. The highest BCUT2D eigenvalue weighted by molar-refractivity contribution is 9.10. The molecule has 1 N–H and O–H groups in total. The maximum absolute atomic E-state index is 14.6. The van der Waals surface area contributed by atoms with E-state index in [1.54, 1.807) is 45.0 Å². The van der Waals surface area contributed by atoms with Crippen LogP contribution in [0.15, 0.2) is 53.0 Å². The summed E-state index contributed by atoms with van der Waals surface area (Å²) in [6.45, 7) is 4.55. The summed E-state index contributed by atoms with van der Waals surface area (Å²) in [6, 6.07) is 11.5. The molecule has 34 heavy (non-hydrogen) atoms. The Labute approximate surface area is 209 Å². The molecule has 1 unspecified atom stereocenters. The summed E-state index contributed by atoms with van der Waals surface area (Å²) >= 11 is 3.36. The van der Waals surface area contributed by atoms with E-state index >= 15 is 0 Å². The topological polar surface area (TPSA) is 90.0 Å². The van der Waals surface area contributed by atoms with Crippen molar-refractivity contribution >= 4 is 43.6 Å². The lowest BCUT2D eigenvalue weighted by molar-refractivity contribution is -0.139. The molecular formula is C23H30BrFN4O4S. The number of rotatable bonds is 10. The van der Waals surface area contributed by atoms with Crippen LogP contribution >= 0.6 is 15.9 Å². The lowest BCUT2D eigenvalue weighted by atomic mass is 10.1. The number of carbonyl (C=O) groups excluding carboxylic acids is 2. The van der Waals surface area contributed by atoms with Crippen molar-refractivity contribution in [2.75, 3.05) is 24.9 Å². The predicted molar refractivity (Wildman–Crippen MR) is 134 cm³/mol. The highest BCUT2D eigenvalue weighted by Gasteiger charge is 2.33. The van der Waals surface area contributed by atoms with Crippen molar-refractivity contribution in [2.45, 2.75) is 39.4 Å². The number of benzene rings is 2. The van der Waals surface area contributed by atoms with Crippen LogP contribution < -0.4 is 9.62 Å². The van der Waals surface area contributed by atoms with E-state index in [2.05, 4.69) is 21.2 Å². The summed E-state index contributed by atoms with van der Waals surface area (Å²) in [7, 11) is -1.62. The average Bonchev–Trinajstić information content (AvgIpc) is 2.76. The van der Waals surface area contributed by atoms with Gasteiger partial charge in [-0.2, -0.15) is 12.7 Å². The molecule has 0 saturated heterocycles. The number of para-hydroxylation sites is 1. The van der Waals surface area contributed by atoms with Gasteiger partial charge in [-0.05, 0) is 50.6 Å². The molecule has 0 aromatic heterocycles. The van der Waals surface area contributed by atoms with Crippen LogP contribution in [0.5, 0.6) is 0 Å². The van der Waals surface area contributed by atoms with Crippen LogP contribution in [0.2, 0.25) is 0 Å². The molecule has 0 spiro atoms. The Morgan fingerprint density at radius 2 is 1.62 bits per heavy atom. The molecule has 2 aromatic rings. The highest BCUT2D eigenvalue weighted by Crippen LogP contribution is 2.24. The van der Waals surface area contributed by atoms with Crippen molar-refractivity contribution in [3.63, 3.8) is 0 Å². The second kappa shape index (κ2) is 11.8. The molecule has 2 rings (SSSR count). The van der Waals surface area contributed by atoms with Gasteiger partial charge in [0.25, 0.3) is 0 Å². The van der Waals surface area contributed by atoms with E-state index in [4.69, 9.17) is 0 Å². The molecule has 0 bridgehead atoms. The summed E-state index contributed by atoms with van der Waals surface area (Å²) in [5.74, 6) is -1.82. The smallest absolute Gasteiger partial charge is 0.304 e. The molecule has 0 aliphatic carbocycles. The van der Waals surface area contributed by atoms with Crippen molar-refractivity contribution in [1.82, 2.24) is 14.5 Å². The molecule has 8 nitrogen and oxygen atoms in total. The van der Waals surface area contributed by atoms with Crippen molar-refractivity contribution in [3.8, 4) is 0 Å². The van der Waals surface area contributed by atoms with E-state index in [1.165, 1.54) is 37.2 Å². The molecule has 0 radical (unpaired) electrons. The largest absolute Gasteiger partial charge is 0.352 e. The van der Waals surface area contributed by atoms with Gasteiger partial charge in [0.1, 0.15) is 18.4 Å². The number of nitrogens with one attached hydrogen (secondary N) is 1. The number of hydrogen-bond acceptors (Lipinski definition) is 4. The maximum atomic E-state index is 14.6. The first-order valence-corrected chi connectivity index (χ1v) is 12.8. The van der Waals surface area contributed by atoms with Gasteiger partial charge in [0.05, 0.1) is 5.69 Å². The van der Waals surface area contributed by atoms with Crippen molar-refractivity contribution in [1.29, 1.82) is 0 Å². The summed E-state index contributed by atoms with van der Waals surface area (Å²) in [5.41, 5.74) is 0.487. The Bertz CT molecular complexity index is 1110. The van der Waals surface area contributed by atoms with Crippen LogP contribution in [-0.4, -0.2) is 62.2 Å². The molecule has 1 atom stereocenters. The Morgan fingerprint density at radius 1 is 1.03 bits per heavy atom. The lowest BCUT2D eigenvalue weighted by Crippen LogP contribution is -2.53. The van der Waals surface area contributed by atoms with Crippen molar-refractivity contribution < 1.29 is 22.4 Å². The van der Waals surface area contributed by atoms with Gasteiger partial charge >= 0.3 is 10.2 Å². The van der Waals surface area contributed by atoms with Crippen LogP contribution in [-0.2, 0) is 26.3 Å². The van der Waals surface area contributed by atoms with Crippen LogP contribution in [0.1, 0.15) is 26.3 Å². The quantitative estimate of drug-likeness (QED) is 0.486. The van der Waals surface area contributed by atoms with E-state index in [9.17, 15) is 22.4 Å². The number of carbonyl (C=O) groups is 2. The fourth-order valence-electron chi connectivity index (χ4n) is 3.13. The zero-order valence-corrected chi connectivity index (χ0v) is 22.2. The van der Waals surface area contributed by atoms with Gasteiger partial charge in [0.2, 0.25) is 11.8 Å². The van der Waals surface area contributed by atoms with Gasteiger partial charge in [-0.25, -0.2) is 8.70 Å². The SMILES string of the molecule is CC(C)NC(=O)C(C)N(Cc1ccc(Br)cc1)C(=O)CN(c1ccccc1F)S(=O)(=O)N(C)C. The van der Waals surface area contributed by atoms with Crippen LogP contribution in [0.25, 0.3) is 0 Å². The van der Waals surface area contributed by atoms with E-state index < -0.39 is 34.5 Å². The predicted octanol–water partition coefficient (Wildman–Crippen LogP) is 3.14. The van der Waals surface area contributed by atoms with E-state index in [-0.39, 0.29) is 24.2 Å². The number of amides is 2. The lowest BCUT2D eigenvalue weighted by Gasteiger charge is -2.33. The van der Waals surface area contributed by atoms with E-state index in [0.29, 0.717) is 4.31 Å². The average molecular weight is 557 g/mol. The summed E-state index contributed by atoms with van der Waals surface area (Å²) < 4.78 is 43.1. The second-order valence-corrected chi connectivity index (χ2v) is 11.2. The molecule has 2 amide bonds. The molecule has 11 heteroatoms. The molecule has 0 aliphatic rings. The third-order valence-corrected chi connectivity index (χ3v) is 7.34. The summed E-state index contributed by atoms with van der Waals surface area (Å²) in [5, 5.41) is 2.77. The number of anilines is 1. The summed E-state index contributed by atoms with van der Waals surface area (Å²) in [4.78, 5) is 27.5. The Balaban J connectivity index is 2.46. The third kappa shape index (κ3) is 7.00. The third-order valence-electron chi connectivity index (χ3n) is 5.00. The second-order valence-electron chi connectivity index (χ2n) is 8.24. The minimum absolute atomic E-state index is 0.0614. The minimum atomic E-state index is -4.21. The molecule has 186 valence electrons. The highest BCUT2D eigenvalue weighted by atomic mass is 79.9. The maximum Gasteiger partial charge on any atom is 0.304 e. The molecule has 0 aliphatic heterocycles. The van der Waals surface area contributed by atoms with Gasteiger partial charge in [-0.15, -0.1) is 0 Å². The monoisotopic (exact) mass is 556 g/mol. The zero-order chi connectivity index (χ0) is 25.6. The number of nitrogens with zero attached hydrogens (tertiary/aromatic N) is 3. The fraction of sp³-hybridized carbons (Fsp3) is 0.391. The first-order valence-electron chi connectivity index (χ1n) is 10.6. The van der Waals surface area contributed by atoms with E-state index in [1.807, 2.05) is 0 Å². The molecule has 2 aromatic carbocycles. The first-order chi connectivity index (χ1) is 15.8. The summed E-state index contributed by atoms with van der Waals surface area (Å²) in [6.07, 6.45) is 0. The number of hydrogen-bond donors (Lipinski definition) is 1. The van der Waals surface area contributed by atoms with Crippen molar-refractivity contribution in [3.05, 3.63) is 64.4 Å². The van der Waals surface area contributed by atoms with Crippen LogP contribution in [0, 0.1) is 5.82 Å². The standard InChI is InChI=1S/C23H30BrFN4O4S/c1-16(2)26-23(31)17(3)28(14-18-10-12-19(24)13-11-18)22(30)15-29(34(32,33)27(4)5)21-9-7-6-8-20(21)25/h6-13,16-17H,14-15H2,1-5H3,(H,26,31). The Hall–Kier alpha value is -2.50. The molecule has 0 fully saturated rings.